The number of aliphatic carboxylic acids is 1. The minimum absolute atomic E-state index is 0.124. The molecule has 0 radical (unpaired) electrons. The summed E-state index contributed by atoms with van der Waals surface area (Å²) >= 11 is 1.54. The Morgan fingerprint density at radius 3 is 2.54 bits per heavy atom. The molecule has 3 rings (SSSR count). The monoisotopic (exact) mass is 397 g/mol. The van der Waals surface area contributed by atoms with Crippen molar-refractivity contribution in [1.82, 2.24) is 9.88 Å². The van der Waals surface area contributed by atoms with Gasteiger partial charge in [0.1, 0.15) is 5.69 Å². The largest absolute Gasteiger partial charge is 0.481 e. The molecule has 0 aliphatic carbocycles. The summed E-state index contributed by atoms with van der Waals surface area (Å²) in [5.41, 5.74) is 0.461. The summed E-state index contributed by atoms with van der Waals surface area (Å²) < 4.78 is 1.51. The van der Waals surface area contributed by atoms with Crippen LogP contribution in [0.4, 0.5) is 10.5 Å². The van der Waals surface area contributed by atoms with Crippen LogP contribution in [-0.2, 0) is 11.3 Å². The third kappa shape index (κ3) is 5.08. The molecule has 2 aromatic heterocycles. The number of carbonyl (C=O) groups is 2. The van der Waals surface area contributed by atoms with Crippen molar-refractivity contribution in [3.05, 3.63) is 87.0 Å². The van der Waals surface area contributed by atoms with E-state index in [0.717, 1.165) is 4.88 Å². The second kappa shape index (κ2) is 9.01. The standard InChI is InChI=1S/C20H19N3O4S/c24-18(25)12-17(14-6-2-1-3-7-14)22-20(27)21-16-9-4-10-23(19(16)26)13-15-8-5-11-28-15/h1-11,17H,12-13H2,(H,24,25)(H2,21,22,27)/t17-/m0/s1. The third-order valence-electron chi connectivity index (χ3n) is 4.06. The molecule has 0 spiro atoms. The first-order chi connectivity index (χ1) is 13.5. The molecular formula is C20H19N3O4S. The highest BCUT2D eigenvalue weighted by molar-refractivity contribution is 7.09. The van der Waals surface area contributed by atoms with E-state index in [4.69, 9.17) is 5.11 Å². The maximum absolute atomic E-state index is 12.6. The van der Waals surface area contributed by atoms with E-state index in [1.54, 1.807) is 53.9 Å². The molecule has 0 bridgehead atoms. The molecule has 2 heterocycles. The summed E-state index contributed by atoms with van der Waals surface area (Å²) in [4.78, 5) is 37.2. The number of carbonyl (C=O) groups excluding carboxylic acids is 1. The highest BCUT2D eigenvalue weighted by Gasteiger charge is 2.18. The summed E-state index contributed by atoms with van der Waals surface area (Å²) in [6.45, 7) is 0.416. The lowest BCUT2D eigenvalue weighted by atomic mass is 10.0. The zero-order chi connectivity index (χ0) is 19.9. The van der Waals surface area contributed by atoms with Gasteiger partial charge in [-0.05, 0) is 29.1 Å². The van der Waals surface area contributed by atoms with Gasteiger partial charge in [0.15, 0.2) is 0 Å². The van der Waals surface area contributed by atoms with Crippen LogP contribution in [0.25, 0.3) is 0 Å². The van der Waals surface area contributed by atoms with Crippen LogP contribution in [0.1, 0.15) is 22.9 Å². The molecule has 0 aliphatic heterocycles. The highest BCUT2D eigenvalue weighted by atomic mass is 32.1. The molecular weight excluding hydrogens is 378 g/mol. The van der Waals surface area contributed by atoms with Gasteiger partial charge in [-0.1, -0.05) is 36.4 Å². The Morgan fingerprint density at radius 2 is 1.86 bits per heavy atom. The lowest BCUT2D eigenvalue weighted by Gasteiger charge is -2.18. The molecule has 3 aromatic rings. The Kier molecular flexibility index (Phi) is 6.23. The lowest BCUT2D eigenvalue weighted by molar-refractivity contribution is -0.137. The van der Waals surface area contributed by atoms with Gasteiger partial charge in [0, 0.05) is 11.1 Å². The van der Waals surface area contributed by atoms with Crippen molar-refractivity contribution < 1.29 is 14.7 Å². The van der Waals surface area contributed by atoms with Crippen LogP contribution in [-0.4, -0.2) is 21.7 Å². The van der Waals surface area contributed by atoms with Crippen LogP contribution in [0.2, 0.25) is 0 Å². The van der Waals surface area contributed by atoms with E-state index in [-0.39, 0.29) is 17.7 Å². The van der Waals surface area contributed by atoms with Crippen molar-refractivity contribution in [2.24, 2.45) is 0 Å². The summed E-state index contributed by atoms with van der Waals surface area (Å²) in [6, 6.07) is 14.5. The summed E-state index contributed by atoms with van der Waals surface area (Å²) in [6.07, 6.45) is 1.39. The summed E-state index contributed by atoms with van der Waals surface area (Å²) in [7, 11) is 0. The van der Waals surface area contributed by atoms with Gasteiger partial charge in [0.05, 0.1) is 19.0 Å². The molecule has 8 heteroatoms. The van der Waals surface area contributed by atoms with E-state index in [0.29, 0.717) is 12.1 Å². The van der Waals surface area contributed by atoms with Gasteiger partial charge in [0.2, 0.25) is 0 Å². The number of amides is 2. The number of anilines is 1. The number of aromatic nitrogens is 1. The van der Waals surface area contributed by atoms with Crippen LogP contribution >= 0.6 is 11.3 Å². The van der Waals surface area contributed by atoms with Gasteiger partial charge in [-0.25, -0.2) is 4.79 Å². The fourth-order valence-electron chi connectivity index (χ4n) is 2.76. The van der Waals surface area contributed by atoms with Crippen LogP contribution < -0.4 is 16.2 Å². The number of urea groups is 1. The first-order valence-electron chi connectivity index (χ1n) is 8.59. The van der Waals surface area contributed by atoms with E-state index < -0.39 is 18.0 Å². The van der Waals surface area contributed by atoms with E-state index in [2.05, 4.69) is 10.6 Å². The maximum Gasteiger partial charge on any atom is 0.319 e. The number of carboxylic acids is 1. The number of rotatable bonds is 7. The molecule has 1 atom stereocenters. The Hall–Kier alpha value is -3.39. The molecule has 3 N–H and O–H groups in total. The molecule has 2 amide bonds. The van der Waals surface area contributed by atoms with Gasteiger partial charge >= 0.3 is 12.0 Å². The van der Waals surface area contributed by atoms with Crippen LogP contribution in [0.3, 0.4) is 0 Å². The topological polar surface area (TPSA) is 100 Å². The SMILES string of the molecule is O=C(O)C[C@H](NC(=O)Nc1cccn(Cc2cccs2)c1=O)c1ccccc1. The van der Waals surface area contributed by atoms with Crippen LogP contribution in [0.5, 0.6) is 0 Å². The van der Waals surface area contributed by atoms with Crippen molar-refractivity contribution in [3.63, 3.8) is 0 Å². The van der Waals surface area contributed by atoms with Gasteiger partial charge in [-0.3, -0.25) is 9.59 Å². The normalized spacial score (nSPS) is 11.6. The number of nitrogens with one attached hydrogen (secondary N) is 2. The molecule has 144 valence electrons. The average molecular weight is 397 g/mol. The quantitative estimate of drug-likeness (QED) is 0.569. The molecule has 0 aliphatic rings. The predicted molar refractivity (Wildman–Crippen MR) is 108 cm³/mol. The highest BCUT2D eigenvalue weighted by Crippen LogP contribution is 2.17. The van der Waals surface area contributed by atoms with E-state index >= 15 is 0 Å². The fourth-order valence-corrected chi connectivity index (χ4v) is 3.46. The van der Waals surface area contributed by atoms with Crippen molar-refractivity contribution in [2.75, 3.05) is 5.32 Å². The van der Waals surface area contributed by atoms with Gasteiger partial charge < -0.3 is 20.3 Å². The van der Waals surface area contributed by atoms with Crippen molar-refractivity contribution >= 4 is 29.0 Å². The smallest absolute Gasteiger partial charge is 0.319 e. The Labute approximate surface area is 165 Å². The second-order valence-corrected chi connectivity index (χ2v) is 7.13. The van der Waals surface area contributed by atoms with Crippen molar-refractivity contribution in [1.29, 1.82) is 0 Å². The zero-order valence-electron chi connectivity index (χ0n) is 14.9. The molecule has 0 saturated carbocycles. The molecule has 1 aromatic carbocycles. The zero-order valence-corrected chi connectivity index (χ0v) is 15.7. The van der Waals surface area contributed by atoms with Crippen LogP contribution in [0.15, 0.2) is 71.0 Å². The number of benzene rings is 1. The minimum atomic E-state index is -1.04. The number of nitrogens with zero attached hydrogens (tertiary/aromatic N) is 1. The van der Waals surface area contributed by atoms with E-state index in [1.165, 1.54) is 10.6 Å². The summed E-state index contributed by atoms with van der Waals surface area (Å²) in [5.74, 6) is -1.04. The molecule has 28 heavy (non-hydrogen) atoms. The minimum Gasteiger partial charge on any atom is -0.481 e. The average Bonchev–Trinajstić information content (AvgIpc) is 3.18. The Balaban J connectivity index is 1.73. The van der Waals surface area contributed by atoms with E-state index in [1.807, 2.05) is 17.5 Å². The Bertz CT molecular complexity index is 1000. The first-order valence-corrected chi connectivity index (χ1v) is 9.47. The Morgan fingerprint density at radius 1 is 1.07 bits per heavy atom. The summed E-state index contributed by atoms with van der Waals surface area (Å²) in [5, 5.41) is 16.2. The number of carboxylic acid groups (broad SMARTS) is 1. The molecule has 0 unspecified atom stereocenters. The van der Waals surface area contributed by atoms with E-state index in [9.17, 15) is 14.4 Å². The van der Waals surface area contributed by atoms with Gasteiger partial charge in [-0.15, -0.1) is 11.3 Å². The number of thiophene rings is 1. The molecule has 0 saturated heterocycles. The predicted octanol–water partition coefficient (Wildman–Crippen LogP) is 3.30. The van der Waals surface area contributed by atoms with Crippen molar-refractivity contribution in [3.8, 4) is 0 Å². The lowest BCUT2D eigenvalue weighted by Crippen LogP contribution is -2.36. The maximum atomic E-state index is 12.6. The van der Waals surface area contributed by atoms with Crippen LogP contribution in [0, 0.1) is 0 Å². The second-order valence-electron chi connectivity index (χ2n) is 6.09. The van der Waals surface area contributed by atoms with Gasteiger partial charge in [-0.2, -0.15) is 0 Å². The fraction of sp³-hybridized carbons (Fsp3) is 0.150. The first kappa shape index (κ1) is 19.4. The number of hydrogen-bond acceptors (Lipinski definition) is 4. The molecule has 7 nitrogen and oxygen atoms in total. The van der Waals surface area contributed by atoms with Crippen molar-refractivity contribution in [2.45, 2.75) is 19.0 Å². The number of hydrogen-bond donors (Lipinski definition) is 3. The molecule has 0 fully saturated rings. The number of pyridine rings is 1. The third-order valence-corrected chi connectivity index (χ3v) is 4.92. The van der Waals surface area contributed by atoms with Gasteiger partial charge in [0.25, 0.3) is 5.56 Å².